The number of nitrogens with zero attached hydrogens (tertiary/aromatic N) is 2. The summed E-state index contributed by atoms with van der Waals surface area (Å²) in [5, 5.41) is 0. The van der Waals surface area contributed by atoms with E-state index in [9.17, 15) is 9.59 Å². The molecule has 1 atom stereocenters. The molecule has 30 heavy (non-hydrogen) atoms. The van der Waals surface area contributed by atoms with Gasteiger partial charge in [-0.3, -0.25) is 9.59 Å². The van der Waals surface area contributed by atoms with Gasteiger partial charge in [0.25, 0.3) is 5.91 Å². The summed E-state index contributed by atoms with van der Waals surface area (Å²) in [4.78, 5) is 29.0. The first kappa shape index (κ1) is 20.6. The standard InChI is InChI=1S/C22H24N2O5S/c1-27-14-20(25)24-9-10-30-22(24)18-12-17(29-3)7-8-19(18)23(21(22)26)13-15-5-4-6-16(11-15)28-2/h4-8,11-12H,9-10,13-14H2,1-3H3/t22-/m0/s1. The van der Waals surface area contributed by atoms with Gasteiger partial charge in [0, 0.05) is 25.0 Å². The lowest BCUT2D eigenvalue weighted by atomic mass is 10.1. The molecule has 4 rings (SSSR count). The predicted molar refractivity (Wildman–Crippen MR) is 115 cm³/mol. The lowest BCUT2D eigenvalue weighted by Crippen LogP contribution is -2.51. The van der Waals surface area contributed by atoms with Gasteiger partial charge < -0.3 is 24.0 Å². The smallest absolute Gasteiger partial charge is 0.268 e. The van der Waals surface area contributed by atoms with Crippen LogP contribution < -0.4 is 14.4 Å². The first-order chi connectivity index (χ1) is 14.5. The summed E-state index contributed by atoms with van der Waals surface area (Å²) in [7, 11) is 4.69. The van der Waals surface area contributed by atoms with Gasteiger partial charge in [0.05, 0.1) is 26.5 Å². The highest BCUT2D eigenvalue weighted by molar-refractivity contribution is 8.01. The fourth-order valence-electron chi connectivity index (χ4n) is 4.09. The molecule has 0 aliphatic carbocycles. The first-order valence-corrected chi connectivity index (χ1v) is 10.6. The van der Waals surface area contributed by atoms with Crippen molar-refractivity contribution in [3.63, 3.8) is 0 Å². The van der Waals surface area contributed by atoms with E-state index >= 15 is 0 Å². The van der Waals surface area contributed by atoms with Gasteiger partial charge in [-0.2, -0.15) is 0 Å². The number of rotatable bonds is 6. The molecular weight excluding hydrogens is 404 g/mol. The number of anilines is 1. The zero-order chi connectivity index (χ0) is 21.3. The van der Waals surface area contributed by atoms with Crippen LogP contribution in [0.5, 0.6) is 11.5 Å². The highest BCUT2D eigenvalue weighted by atomic mass is 32.2. The van der Waals surface area contributed by atoms with Crippen molar-refractivity contribution >= 4 is 29.3 Å². The van der Waals surface area contributed by atoms with E-state index in [1.165, 1.54) is 18.9 Å². The second kappa shape index (κ2) is 8.20. The highest BCUT2D eigenvalue weighted by Gasteiger charge is 2.59. The number of ether oxygens (including phenoxy) is 3. The number of hydrogen-bond donors (Lipinski definition) is 0. The van der Waals surface area contributed by atoms with Gasteiger partial charge >= 0.3 is 0 Å². The second-order valence-electron chi connectivity index (χ2n) is 7.10. The summed E-state index contributed by atoms with van der Waals surface area (Å²) in [6.07, 6.45) is 0. The average Bonchev–Trinajstić information content (AvgIpc) is 3.31. The predicted octanol–water partition coefficient (Wildman–Crippen LogP) is 2.63. The Morgan fingerprint density at radius 3 is 2.60 bits per heavy atom. The Morgan fingerprint density at radius 1 is 1.10 bits per heavy atom. The Morgan fingerprint density at radius 2 is 1.87 bits per heavy atom. The number of fused-ring (bicyclic) bond motifs is 2. The summed E-state index contributed by atoms with van der Waals surface area (Å²) in [5.41, 5.74) is 2.51. The van der Waals surface area contributed by atoms with Gasteiger partial charge in [-0.25, -0.2) is 0 Å². The van der Waals surface area contributed by atoms with Crippen molar-refractivity contribution < 1.29 is 23.8 Å². The van der Waals surface area contributed by atoms with Crippen molar-refractivity contribution in [1.82, 2.24) is 4.90 Å². The number of hydrogen-bond acceptors (Lipinski definition) is 6. The van der Waals surface area contributed by atoms with Gasteiger partial charge in [-0.15, -0.1) is 11.8 Å². The summed E-state index contributed by atoms with van der Waals surface area (Å²) in [6, 6.07) is 13.2. The monoisotopic (exact) mass is 428 g/mol. The number of methoxy groups -OCH3 is 3. The normalized spacial score (nSPS) is 20.0. The molecule has 2 aliphatic rings. The summed E-state index contributed by atoms with van der Waals surface area (Å²) < 4.78 is 15.8. The SMILES string of the molecule is COCC(=O)N1CCS[C@@]12C(=O)N(Cc1cccc(OC)c1)c1ccc(OC)cc12. The van der Waals surface area contributed by atoms with E-state index in [1.54, 1.807) is 24.0 Å². The molecule has 0 aromatic heterocycles. The topological polar surface area (TPSA) is 68.3 Å². The zero-order valence-corrected chi connectivity index (χ0v) is 18.0. The number of amides is 2. The summed E-state index contributed by atoms with van der Waals surface area (Å²) >= 11 is 1.48. The highest BCUT2D eigenvalue weighted by Crippen LogP contribution is 2.55. The summed E-state index contributed by atoms with van der Waals surface area (Å²) in [6.45, 7) is 0.803. The molecule has 0 N–H and O–H groups in total. The number of carbonyl (C=O) groups is 2. The van der Waals surface area contributed by atoms with Crippen molar-refractivity contribution in [2.75, 3.05) is 45.1 Å². The Hall–Kier alpha value is -2.71. The average molecular weight is 429 g/mol. The van der Waals surface area contributed by atoms with Crippen LogP contribution in [-0.2, 0) is 25.7 Å². The van der Waals surface area contributed by atoms with Crippen molar-refractivity contribution in [1.29, 1.82) is 0 Å². The van der Waals surface area contributed by atoms with Crippen LogP contribution in [0.1, 0.15) is 11.1 Å². The van der Waals surface area contributed by atoms with E-state index in [1.807, 2.05) is 42.5 Å². The van der Waals surface area contributed by atoms with E-state index in [0.29, 0.717) is 24.6 Å². The van der Waals surface area contributed by atoms with Crippen molar-refractivity contribution in [2.24, 2.45) is 0 Å². The van der Waals surface area contributed by atoms with Crippen LogP contribution in [0.15, 0.2) is 42.5 Å². The van der Waals surface area contributed by atoms with Gasteiger partial charge in [-0.05, 0) is 35.9 Å². The fourth-order valence-corrected chi connectivity index (χ4v) is 5.56. The van der Waals surface area contributed by atoms with E-state index in [-0.39, 0.29) is 18.4 Å². The van der Waals surface area contributed by atoms with Crippen LogP contribution in [0.25, 0.3) is 0 Å². The quantitative estimate of drug-likeness (QED) is 0.705. The van der Waals surface area contributed by atoms with E-state index < -0.39 is 4.87 Å². The van der Waals surface area contributed by atoms with Gasteiger partial charge in [0.15, 0.2) is 4.87 Å². The van der Waals surface area contributed by atoms with E-state index in [2.05, 4.69) is 0 Å². The molecule has 0 radical (unpaired) electrons. The minimum Gasteiger partial charge on any atom is -0.497 e. The molecule has 158 valence electrons. The van der Waals surface area contributed by atoms with Crippen molar-refractivity contribution in [3.05, 3.63) is 53.6 Å². The maximum Gasteiger partial charge on any atom is 0.268 e. The van der Waals surface area contributed by atoms with E-state index in [0.717, 1.165) is 22.6 Å². The van der Waals surface area contributed by atoms with Crippen LogP contribution in [0, 0.1) is 0 Å². The van der Waals surface area contributed by atoms with Gasteiger partial charge in [0.1, 0.15) is 18.1 Å². The van der Waals surface area contributed by atoms with Crippen molar-refractivity contribution in [3.8, 4) is 11.5 Å². The molecular formula is C22H24N2O5S. The maximum atomic E-state index is 13.9. The van der Waals surface area contributed by atoms with Crippen LogP contribution >= 0.6 is 11.8 Å². The van der Waals surface area contributed by atoms with Crippen LogP contribution in [0.2, 0.25) is 0 Å². The molecule has 0 saturated carbocycles. The Balaban J connectivity index is 1.79. The number of thioether (sulfide) groups is 1. The molecule has 2 aliphatic heterocycles. The molecule has 2 aromatic rings. The minimum absolute atomic E-state index is 0.0647. The molecule has 0 unspecified atom stereocenters. The molecule has 7 nitrogen and oxygen atoms in total. The van der Waals surface area contributed by atoms with Gasteiger partial charge in [0.2, 0.25) is 5.91 Å². The fraction of sp³-hybridized carbons (Fsp3) is 0.364. The zero-order valence-electron chi connectivity index (χ0n) is 17.2. The molecule has 2 amide bonds. The minimum atomic E-state index is -1.10. The third kappa shape index (κ3) is 3.20. The lowest BCUT2D eigenvalue weighted by molar-refractivity contribution is -0.143. The molecule has 1 spiro atoms. The van der Waals surface area contributed by atoms with Crippen LogP contribution in [0.4, 0.5) is 5.69 Å². The molecule has 2 heterocycles. The largest absolute Gasteiger partial charge is 0.497 e. The third-order valence-corrected chi connectivity index (χ3v) is 6.86. The molecule has 2 aromatic carbocycles. The third-order valence-electron chi connectivity index (χ3n) is 5.44. The van der Waals surface area contributed by atoms with Gasteiger partial charge in [-0.1, -0.05) is 12.1 Å². The Labute approximate surface area is 179 Å². The Kier molecular flexibility index (Phi) is 5.62. The Bertz CT molecular complexity index is 982. The molecule has 8 heteroatoms. The van der Waals surface area contributed by atoms with Crippen LogP contribution in [0.3, 0.4) is 0 Å². The first-order valence-electron chi connectivity index (χ1n) is 9.62. The van der Waals surface area contributed by atoms with Crippen LogP contribution in [-0.4, -0.2) is 56.9 Å². The lowest BCUT2D eigenvalue weighted by Gasteiger charge is -2.33. The maximum absolute atomic E-state index is 13.9. The number of carbonyl (C=O) groups excluding carboxylic acids is 2. The number of benzene rings is 2. The van der Waals surface area contributed by atoms with Crippen molar-refractivity contribution in [2.45, 2.75) is 11.4 Å². The molecule has 1 saturated heterocycles. The van der Waals surface area contributed by atoms with E-state index in [4.69, 9.17) is 14.2 Å². The molecule has 1 fully saturated rings. The summed E-state index contributed by atoms with van der Waals surface area (Å²) in [5.74, 6) is 1.73. The second-order valence-corrected chi connectivity index (χ2v) is 8.38. The molecule has 0 bridgehead atoms.